The number of benzene rings is 1. The second kappa shape index (κ2) is 9.32. The average molecular weight is 411 g/mol. The second-order valence-electron chi connectivity index (χ2n) is 5.66. The molecular formula is C19H16F3NO4S. The fourth-order valence-corrected chi connectivity index (χ4v) is 2.91. The van der Waals surface area contributed by atoms with E-state index in [4.69, 9.17) is 4.74 Å². The van der Waals surface area contributed by atoms with Gasteiger partial charge in [0.1, 0.15) is 0 Å². The van der Waals surface area contributed by atoms with Gasteiger partial charge in [-0.15, -0.1) is 11.3 Å². The van der Waals surface area contributed by atoms with Gasteiger partial charge in [0.05, 0.1) is 17.0 Å². The summed E-state index contributed by atoms with van der Waals surface area (Å²) in [5.74, 6) is -1.37. The second-order valence-corrected chi connectivity index (χ2v) is 6.83. The summed E-state index contributed by atoms with van der Waals surface area (Å²) in [4.78, 5) is 35.7. The lowest BCUT2D eigenvalue weighted by atomic mass is 10.1. The molecule has 9 heteroatoms. The van der Waals surface area contributed by atoms with Crippen molar-refractivity contribution >= 4 is 35.1 Å². The number of Topliss-reactive ketones (excluding diaryl/α,β-unsaturated/α-hetero) is 1. The molecule has 0 aliphatic carbocycles. The first kappa shape index (κ1) is 21.4. The van der Waals surface area contributed by atoms with E-state index in [0.717, 1.165) is 23.1 Å². The Balaban J connectivity index is 1.84. The summed E-state index contributed by atoms with van der Waals surface area (Å²) in [5, 5.41) is 2.61. The fraction of sp³-hybridized carbons (Fsp3) is 0.211. The van der Waals surface area contributed by atoms with Gasteiger partial charge in [-0.3, -0.25) is 9.59 Å². The van der Waals surface area contributed by atoms with Crippen LogP contribution >= 0.6 is 11.3 Å². The molecule has 0 spiro atoms. The van der Waals surface area contributed by atoms with E-state index in [1.165, 1.54) is 36.5 Å². The van der Waals surface area contributed by atoms with Gasteiger partial charge in [-0.1, -0.05) is 12.1 Å². The summed E-state index contributed by atoms with van der Waals surface area (Å²) in [6.07, 6.45) is -2.10. The van der Waals surface area contributed by atoms with Crippen LogP contribution in [0.1, 0.15) is 32.6 Å². The Morgan fingerprint density at radius 1 is 1.11 bits per heavy atom. The lowest BCUT2D eigenvalue weighted by Crippen LogP contribution is -2.18. The number of nitrogens with one attached hydrogen (secondary N) is 1. The van der Waals surface area contributed by atoms with Crippen LogP contribution in [0.3, 0.4) is 0 Å². The number of ketones is 1. The largest absolute Gasteiger partial charge is 0.454 e. The van der Waals surface area contributed by atoms with Crippen LogP contribution in [0.4, 0.5) is 13.2 Å². The van der Waals surface area contributed by atoms with Gasteiger partial charge < -0.3 is 10.1 Å². The maximum absolute atomic E-state index is 12.5. The van der Waals surface area contributed by atoms with Gasteiger partial charge in [0.25, 0.3) is 0 Å². The zero-order chi connectivity index (χ0) is 20.7. The molecule has 5 nitrogen and oxygen atoms in total. The van der Waals surface area contributed by atoms with Crippen molar-refractivity contribution in [3.05, 3.63) is 63.4 Å². The minimum absolute atomic E-state index is 0.185. The highest BCUT2D eigenvalue weighted by Crippen LogP contribution is 2.29. The summed E-state index contributed by atoms with van der Waals surface area (Å²) in [7, 11) is 0. The molecule has 1 aromatic heterocycles. The van der Waals surface area contributed by atoms with Crippen LogP contribution in [0.15, 0.2) is 42.5 Å². The Labute approximate surface area is 162 Å². The Bertz CT molecular complexity index is 885. The predicted molar refractivity (Wildman–Crippen MR) is 97.6 cm³/mol. The number of rotatable bonds is 7. The van der Waals surface area contributed by atoms with Crippen molar-refractivity contribution in [2.45, 2.75) is 19.6 Å². The molecule has 28 heavy (non-hydrogen) atoms. The molecule has 0 atom stereocenters. The quantitative estimate of drug-likeness (QED) is 0.427. The van der Waals surface area contributed by atoms with E-state index < -0.39 is 30.1 Å². The number of hydrogen-bond acceptors (Lipinski definition) is 5. The highest BCUT2D eigenvalue weighted by atomic mass is 32.1. The molecule has 0 fully saturated rings. The molecule has 1 aromatic carbocycles. The van der Waals surface area contributed by atoms with Gasteiger partial charge in [-0.2, -0.15) is 13.2 Å². The van der Waals surface area contributed by atoms with E-state index in [0.29, 0.717) is 17.0 Å². The monoisotopic (exact) mass is 411 g/mol. The van der Waals surface area contributed by atoms with E-state index >= 15 is 0 Å². The molecule has 0 aliphatic rings. The minimum Gasteiger partial charge on any atom is -0.454 e. The van der Waals surface area contributed by atoms with Crippen molar-refractivity contribution in [2.75, 3.05) is 6.61 Å². The number of alkyl halides is 3. The molecular weight excluding hydrogens is 395 g/mol. The number of ether oxygens (including phenoxy) is 1. The van der Waals surface area contributed by atoms with Crippen LogP contribution in [0.5, 0.6) is 0 Å². The summed E-state index contributed by atoms with van der Waals surface area (Å²) in [6, 6.07) is 7.53. The van der Waals surface area contributed by atoms with Crippen molar-refractivity contribution in [2.24, 2.45) is 0 Å². The first-order valence-electron chi connectivity index (χ1n) is 8.03. The molecule has 0 unspecified atom stereocenters. The van der Waals surface area contributed by atoms with Crippen molar-refractivity contribution in [3.8, 4) is 0 Å². The molecule has 1 N–H and O–H groups in total. The van der Waals surface area contributed by atoms with Crippen LogP contribution in [0.2, 0.25) is 0 Å². The van der Waals surface area contributed by atoms with Gasteiger partial charge in [0.2, 0.25) is 11.7 Å². The maximum Gasteiger partial charge on any atom is 0.416 e. The van der Waals surface area contributed by atoms with E-state index in [-0.39, 0.29) is 5.91 Å². The number of hydrogen-bond donors (Lipinski definition) is 1. The molecule has 2 aromatic rings. The van der Waals surface area contributed by atoms with Crippen molar-refractivity contribution in [3.63, 3.8) is 0 Å². The molecule has 1 heterocycles. The molecule has 148 valence electrons. The Hall–Kier alpha value is -2.94. The van der Waals surface area contributed by atoms with Crippen LogP contribution < -0.4 is 5.32 Å². The number of esters is 1. The molecule has 1 amide bonds. The Morgan fingerprint density at radius 2 is 1.79 bits per heavy atom. The third-order valence-corrected chi connectivity index (χ3v) is 4.57. The summed E-state index contributed by atoms with van der Waals surface area (Å²) < 4.78 is 42.3. The van der Waals surface area contributed by atoms with Gasteiger partial charge in [-0.25, -0.2) is 4.79 Å². The van der Waals surface area contributed by atoms with E-state index in [1.54, 1.807) is 12.1 Å². The van der Waals surface area contributed by atoms with Crippen molar-refractivity contribution in [1.29, 1.82) is 0 Å². The third-order valence-electron chi connectivity index (χ3n) is 3.44. The Morgan fingerprint density at radius 3 is 2.39 bits per heavy atom. The van der Waals surface area contributed by atoms with Gasteiger partial charge in [0.15, 0.2) is 6.61 Å². The number of carbonyl (C=O) groups is 3. The first-order valence-corrected chi connectivity index (χ1v) is 8.85. The third kappa shape index (κ3) is 6.66. The molecule has 0 bridgehead atoms. The normalized spacial score (nSPS) is 11.4. The molecule has 0 radical (unpaired) electrons. The van der Waals surface area contributed by atoms with E-state index in [1.807, 2.05) is 0 Å². The first-order chi connectivity index (χ1) is 13.1. The maximum atomic E-state index is 12.5. The SMILES string of the molecule is CC(=O)NCc1ccc(C(=O)COC(=O)/C=C/c2ccc(C(F)(F)F)cc2)s1. The summed E-state index contributed by atoms with van der Waals surface area (Å²) in [5.41, 5.74) is -0.399. The molecule has 2 rings (SSSR count). The van der Waals surface area contributed by atoms with E-state index in [9.17, 15) is 27.6 Å². The number of halogens is 3. The van der Waals surface area contributed by atoms with Gasteiger partial charge >= 0.3 is 12.1 Å². The smallest absolute Gasteiger partial charge is 0.416 e. The van der Waals surface area contributed by atoms with Gasteiger partial charge in [0, 0.05) is 17.9 Å². The summed E-state index contributed by atoms with van der Waals surface area (Å²) >= 11 is 1.18. The van der Waals surface area contributed by atoms with Crippen LogP contribution in [-0.2, 0) is 27.0 Å². The predicted octanol–water partition coefficient (Wildman–Crippen LogP) is 3.84. The average Bonchev–Trinajstić information content (AvgIpc) is 3.11. The number of carbonyl (C=O) groups excluding carboxylic acids is 3. The van der Waals surface area contributed by atoms with Gasteiger partial charge in [-0.05, 0) is 35.9 Å². The number of amides is 1. The minimum atomic E-state index is -4.43. The summed E-state index contributed by atoms with van der Waals surface area (Å²) in [6.45, 7) is 1.23. The highest BCUT2D eigenvalue weighted by Gasteiger charge is 2.29. The standard InChI is InChI=1S/C19H16F3NO4S/c1-12(24)23-10-15-7-8-17(28-15)16(25)11-27-18(26)9-4-13-2-5-14(6-3-13)19(20,21)22/h2-9H,10-11H2,1H3,(H,23,24)/b9-4+. The van der Waals surface area contributed by atoms with E-state index in [2.05, 4.69) is 5.32 Å². The molecule has 0 aliphatic heterocycles. The zero-order valence-corrected chi connectivity index (χ0v) is 15.5. The molecule has 0 saturated heterocycles. The highest BCUT2D eigenvalue weighted by molar-refractivity contribution is 7.14. The topological polar surface area (TPSA) is 72.5 Å². The lowest BCUT2D eigenvalue weighted by Gasteiger charge is -2.05. The Kier molecular flexibility index (Phi) is 7.11. The van der Waals surface area contributed by atoms with Crippen LogP contribution in [0, 0.1) is 0 Å². The van der Waals surface area contributed by atoms with Crippen molar-refractivity contribution < 1.29 is 32.3 Å². The van der Waals surface area contributed by atoms with Crippen LogP contribution in [0.25, 0.3) is 6.08 Å². The molecule has 0 saturated carbocycles. The zero-order valence-electron chi connectivity index (χ0n) is 14.7. The number of thiophene rings is 1. The lowest BCUT2D eigenvalue weighted by molar-refractivity contribution is -0.138. The van der Waals surface area contributed by atoms with Crippen LogP contribution in [-0.4, -0.2) is 24.3 Å². The fourth-order valence-electron chi connectivity index (χ4n) is 2.04. The van der Waals surface area contributed by atoms with Crippen molar-refractivity contribution in [1.82, 2.24) is 5.32 Å².